The first kappa shape index (κ1) is 12.7. The monoisotopic (exact) mass is 287 g/mol. The number of rotatable bonds is 4. The number of amides is 1. The van der Waals surface area contributed by atoms with Crippen LogP contribution in [0.2, 0.25) is 0 Å². The molecule has 2 N–H and O–H groups in total. The molecule has 0 bridgehead atoms. The van der Waals surface area contributed by atoms with Crippen LogP contribution in [0.3, 0.4) is 0 Å². The summed E-state index contributed by atoms with van der Waals surface area (Å²) >= 11 is 3.29. The molecule has 1 aromatic carbocycles. The number of hydrogen-bond donors (Lipinski definition) is 2. The van der Waals surface area contributed by atoms with Crippen LogP contribution in [0, 0.1) is 6.92 Å². The van der Waals surface area contributed by atoms with Gasteiger partial charge in [-0.3, -0.25) is 9.63 Å². The third kappa shape index (κ3) is 3.63. The standard InChI is InChI=1S/C10H10BrNO4/c1-6-2-3-7(4-8(6)11)10(15)12-16-5-9(13)14/h2-4H,5H2,1H3,(H,12,15)(H,13,14). The lowest BCUT2D eigenvalue weighted by molar-refractivity contribution is -0.144. The van der Waals surface area contributed by atoms with E-state index in [9.17, 15) is 9.59 Å². The van der Waals surface area contributed by atoms with E-state index in [1.807, 2.05) is 12.4 Å². The summed E-state index contributed by atoms with van der Waals surface area (Å²) in [5.74, 6) is -1.63. The first-order chi connectivity index (χ1) is 7.50. The van der Waals surface area contributed by atoms with Crippen LogP contribution < -0.4 is 5.48 Å². The normalized spacial score (nSPS) is 9.88. The summed E-state index contributed by atoms with van der Waals surface area (Å²) in [6.07, 6.45) is 0. The molecule has 0 unspecified atom stereocenters. The fourth-order valence-corrected chi connectivity index (χ4v) is 1.34. The van der Waals surface area contributed by atoms with Crippen molar-refractivity contribution in [1.29, 1.82) is 0 Å². The molecule has 1 rings (SSSR count). The molecule has 1 aromatic rings. The van der Waals surface area contributed by atoms with Crippen molar-refractivity contribution in [3.8, 4) is 0 Å². The molecule has 0 atom stereocenters. The van der Waals surface area contributed by atoms with E-state index >= 15 is 0 Å². The third-order valence-corrected chi connectivity index (χ3v) is 2.65. The predicted molar refractivity (Wildman–Crippen MR) is 59.9 cm³/mol. The topological polar surface area (TPSA) is 75.6 Å². The Morgan fingerprint density at radius 1 is 1.50 bits per heavy atom. The molecule has 0 spiro atoms. The molecule has 0 radical (unpaired) electrons. The Kier molecular flexibility index (Phi) is 4.45. The molecule has 0 saturated carbocycles. The molecule has 0 aliphatic carbocycles. The van der Waals surface area contributed by atoms with Crippen molar-refractivity contribution in [2.45, 2.75) is 6.92 Å². The van der Waals surface area contributed by atoms with E-state index < -0.39 is 18.5 Å². The number of aliphatic carboxylic acids is 1. The summed E-state index contributed by atoms with van der Waals surface area (Å²) in [5, 5.41) is 8.29. The van der Waals surface area contributed by atoms with Crippen LogP contribution in [-0.4, -0.2) is 23.6 Å². The minimum absolute atomic E-state index is 0.392. The van der Waals surface area contributed by atoms with Gasteiger partial charge in [-0.05, 0) is 24.6 Å². The molecule has 1 amide bonds. The SMILES string of the molecule is Cc1ccc(C(=O)NOCC(=O)O)cc1Br. The summed E-state index contributed by atoms with van der Waals surface area (Å²) in [6, 6.07) is 5.03. The Bertz CT molecular complexity index is 419. The zero-order chi connectivity index (χ0) is 12.1. The Morgan fingerprint density at radius 2 is 2.19 bits per heavy atom. The fourth-order valence-electron chi connectivity index (χ4n) is 0.956. The number of halogens is 1. The molecule has 0 aliphatic heterocycles. The van der Waals surface area contributed by atoms with E-state index in [0.717, 1.165) is 10.0 Å². The smallest absolute Gasteiger partial charge is 0.332 e. The first-order valence-corrected chi connectivity index (χ1v) is 5.20. The summed E-state index contributed by atoms with van der Waals surface area (Å²) in [6.45, 7) is 1.32. The van der Waals surface area contributed by atoms with Crippen LogP contribution in [0.1, 0.15) is 15.9 Å². The zero-order valence-electron chi connectivity index (χ0n) is 8.49. The number of aryl methyl sites for hydroxylation is 1. The highest BCUT2D eigenvalue weighted by atomic mass is 79.9. The van der Waals surface area contributed by atoms with Crippen molar-refractivity contribution in [3.05, 3.63) is 33.8 Å². The second-order valence-electron chi connectivity index (χ2n) is 3.08. The van der Waals surface area contributed by atoms with E-state index in [1.54, 1.807) is 18.2 Å². The summed E-state index contributed by atoms with van der Waals surface area (Å²) < 4.78 is 0.804. The molecule has 5 nitrogen and oxygen atoms in total. The van der Waals surface area contributed by atoms with Crippen LogP contribution in [0.15, 0.2) is 22.7 Å². The number of carbonyl (C=O) groups excluding carboxylic acids is 1. The van der Waals surface area contributed by atoms with E-state index in [2.05, 4.69) is 20.8 Å². The summed E-state index contributed by atoms with van der Waals surface area (Å²) in [7, 11) is 0. The van der Waals surface area contributed by atoms with Gasteiger partial charge >= 0.3 is 5.97 Å². The van der Waals surface area contributed by atoms with Crippen LogP contribution in [0.4, 0.5) is 0 Å². The van der Waals surface area contributed by atoms with E-state index in [4.69, 9.17) is 5.11 Å². The third-order valence-electron chi connectivity index (χ3n) is 1.79. The molecular weight excluding hydrogens is 278 g/mol. The molecule has 6 heteroatoms. The zero-order valence-corrected chi connectivity index (χ0v) is 10.1. The number of hydrogen-bond acceptors (Lipinski definition) is 3. The number of carboxylic acid groups (broad SMARTS) is 1. The maximum Gasteiger partial charge on any atom is 0.332 e. The fraction of sp³-hybridized carbons (Fsp3) is 0.200. The van der Waals surface area contributed by atoms with Crippen molar-refractivity contribution < 1.29 is 19.5 Å². The maximum atomic E-state index is 11.4. The van der Waals surface area contributed by atoms with Gasteiger partial charge < -0.3 is 5.11 Å². The van der Waals surface area contributed by atoms with E-state index in [-0.39, 0.29) is 0 Å². The van der Waals surface area contributed by atoms with Gasteiger partial charge in [-0.25, -0.2) is 10.3 Å². The van der Waals surface area contributed by atoms with Gasteiger partial charge in [-0.15, -0.1) is 0 Å². The average Bonchev–Trinajstić information content (AvgIpc) is 2.21. The lowest BCUT2D eigenvalue weighted by Gasteiger charge is -2.05. The van der Waals surface area contributed by atoms with Gasteiger partial charge in [0.2, 0.25) is 0 Å². The molecule has 86 valence electrons. The van der Waals surface area contributed by atoms with Gasteiger partial charge in [0, 0.05) is 10.0 Å². The summed E-state index contributed by atoms with van der Waals surface area (Å²) in [4.78, 5) is 26.0. The minimum Gasteiger partial charge on any atom is -0.479 e. The molecule has 0 aliphatic rings. The van der Waals surface area contributed by atoms with Crippen molar-refractivity contribution in [3.63, 3.8) is 0 Å². The van der Waals surface area contributed by atoms with Crippen molar-refractivity contribution in [2.24, 2.45) is 0 Å². The van der Waals surface area contributed by atoms with E-state index in [0.29, 0.717) is 5.56 Å². The average molecular weight is 288 g/mol. The molecular formula is C10H10BrNO4. The quantitative estimate of drug-likeness (QED) is 0.823. The second kappa shape index (κ2) is 5.62. The van der Waals surface area contributed by atoms with Gasteiger partial charge in [0.15, 0.2) is 6.61 Å². The predicted octanol–water partition coefficient (Wildman–Crippen LogP) is 1.50. The molecule has 0 saturated heterocycles. The number of hydroxylamine groups is 1. The number of nitrogens with one attached hydrogen (secondary N) is 1. The van der Waals surface area contributed by atoms with Gasteiger partial charge in [-0.2, -0.15) is 0 Å². The Morgan fingerprint density at radius 3 is 2.75 bits per heavy atom. The van der Waals surface area contributed by atoms with Crippen LogP contribution in [0.5, 0.6) is 0 Å². The van der Waals surface area contributed by atoms with Crippen molar-refractivity contribution in [1.82, 2.24) is 5.48 Å². The lowest BCUT2D eigenvalue weighted by atomic mass is 10.1. The molecule has 0 fully saturated rings. The molecule has 0 heterocycles. The van der Waals surface area contributed by atoms with Crippen LogP contribution >= 0.6 is 15.9 Å². The minimum atomic E-state index is -1.15. The van der Waals surface area contributed by atoms with Crippen molar-refractivity contribution in [2.75, 3.05) is 6.61 Å². The molecule has 16 heavy (non-hydrogen) atoms. The summed E-state index contributed by atoms with van der Waals surface area (Å²) in [5.41, 5.74) is 3.43. The Hall–Kier alpha value is -1.40. The first-order valence-electron chi connectivity index (χ1n) is 4.41. The van der Waals surface area contributed by atoms with Gasteiger partial charge in [0.25, 0.3) is 5.91 Å². The second-order valence-corrected chi connectivity index (χ2v) is 3.93. The largest absolute Gasteiger partial charge is 0.479 e. The number of benzene rings is 1. The van der Waals surface area contributed by atoms with Gasteiger partial charge in [-0.1, -0.05) is 22.0 Å². The van der Waals surface area contributed by atoms with Crippen LogP contribution in [0.25, 0.3) is 0 Å². The number of carbonyl (C=O) groups is 2. The highest BCUT2D eigenvalue weighted by molar-refractivity contribution is 9.10. The Balaban J connectivity index is 2.59. The highest BCUT2D eigenvalue weighted by Gasteiger charge is 2.07. The van der Waals surface area contributed by atoms with Crippen LogP contribution in [-0.2, 0) is 9.63 Å². The number of carboxylic acids is 1. The van der Waals surface area contributed by atoms with Gasteiger partial charge in [0.1, 0.15) is 0 Å². The van der Waals surface area contributed by atoms with E-state index in [1.165, 1.54) is 0 Å². The lowest BCUT2D eigenvalue weighted by Crippen LogP contribution is -2.26. The molecule has 0 aromatic heterocycles. The van der Waals surface area contributed by atoms with Gasteiger partial charge in [0.05, 0.1) is 0 Å². The highest BCUT2D eigenvalue weighted by Crippen LogP contribution is 2.17. The Labute approximate surface area is 100 Å². The maximum absolute atomic E-state index is 11.4. The van der Waals surface area contributed by atoms with Crippen molar-refractivity contribution >= 4 is 27.8 Å².